The molecule has 0 heterocycles. The number of amides is 1. The van der Waals surface area contributed by atoms with Gasteiger partial charge in [0.1, 0.15) is 5.75 Å². The Hall–Kier alpha value is -2.62. The van der Waals surface area contributed by atoms with Crippen molar-refractivity contribution in [3.8, 4) is 5.75 Å². The maximum atomic E-state index is 11.8. The van der Waals surface area contributed by atoms with Gasteiger partial charge in [-0.2, -0.15) is 0 Å². The van der Waals surface area contributed by atoms with E-state index in [4.69, 9.17) is 0 Å². The number of aliphatic hydroxyl groups excluding tert-OH is 1. The zero-order valence-corrected chi connectivity index (χ0v) is 20.3. The number of rotatable bonds is 13. The highest BCUT2D eigenvalue weighted by molar-refractivity contribution is 7.92. The number of phenols is 1. The highest BCUT2D eigenvalue weighted by Crippen LogP contribution is 2.28. The first-order valence-corrected chi connectivity index (χ1v) is 12.9. The van der Waals surface area contributed by atoms with Gasteiger partial charge in [0.2, 0.25) is 15.9 Å². The molecule has 0 saturated carbocycles. The molecule has 2 aromatic rings. The molecule has 33 heavy (non-hydrogen) atoms. The zero-order valence-electron chi connectivity index (χ0n) is 19.5. The minimum atomic E-state index is -3.56. The Morgan fingerprint density at radius 2 is 1.79 bits per heavy atom. The van der Waals surface area contributed by atoms with Gasteiger partial charge >= 0.3 is 0 Å². The third-order valence-corrected chi connectivity index (χ3v) is 5.91. The number of hydrogen-bond donors (Lipinski definition) is 4. The molecule has 0 aliphatic carbocycles. The summed E-state index contributed by atoms with van der Waals surface area (Å²) in [5.41, 5.74) is 1.69. The predicted octanol–water partition coefficient (Wildman–Crippen LogP) is 2.65. The molecular formula is C24H35N3O5S. The average molecular weight is 478 g/mol. The summed E-state index contributed by atoms with van der Waals surface area (Å²) in [6.07, 6.45) is 3.92. The Balaban J connectivity index is 2.00. The fourth-order valence-electron chi connectivity index (χ4n) is 3.50. The molecule has 2 aromatic carbocycles. The number of hydrogen-bond acceptors (Lipinski definition) is 6. The molecule has 2 atom stereocenters. The summed E-state index contributed by atoms with van der Waals surface area (Å²) in [6.45, 7) is 0.261. The first-order valence-electron chi connectivity index (χ1n) is 11.0. The summed E-state index contributed by atoms with van der Waals surface area (Å²) in [6, 6.07) is 14.5. The summed E-state index contributed by atoms with van der Waals surface area (Å²) in [5, 5.41) is 24.0. The number of nitrogens with zero attached hydrogens (tertiary/aromatic N) is 1. The van der Waals surface area contributed by atoms with E-state index in [1.807, 2.05) is 18.2 Å². The average Bonchev–Trinajstić information content (AvgIpc) is 2.75. The van der Waals surface area contributed by atoms with Crippen LogP contribution in [0.15, 0.2) is 48.5 Å². The number of aromatic hydroxyl groups is 1. The van der Waals surface area contributed by atoms with Crippen LogP contribution in [-0.4, -0.2) is 62.4 Å². The second kappa shape index (κ2) is 12.6. The molecule has 2 rings (SSSR count). The van der Waals surface area contributed by atoms with E-state index >= 15 is 0 Å². The Kier molecular flexibility index (Phi) is 10.1. The molecule has 0 radical (unpaired) electrons. The molecule has 0 aliphatic heterocycles. The predicted molar refractivity (Wildman–Crippen MR) is 131 cm³/mol. The molecule has 8 nitrogen and oxygen atoms in total. The Morgan fingerprint density at radius 1 is 1.09 bits per heavy atom. The number of anilines is 1. The van der Waals surface area contributed by atoms with Crippen molar-refractivity contribution in [2.45, 2.75) is 44.2 Å². The SMILES string of the molecule is CN(C)C(=O)CCCCC(Cc1ccccc1)NCC(O)c1ccc(O)c(NS(C)(=O)=O)c1. The van der Waals surface area contributed by atoms with E-state index < -0.39 is 16.1 Å². The quantitative estimate of drug-likeness (QED) is 0.260. The van der Waals surface area contributed by atoms with Crippen LogP contribution >= 0.6 is 0 Å². The van der Waals surface area contributed by atoms with Crippen LogP contribution in [0.3, 0.4) is 0 Å². The van der Waals surface area contributed by atoms with E-state index in [1.165, 1.54) is 17.7 Å². The number of nitrogens with one attached hydrogen (secondary N) is 2. The molecule has 0 bridgehead atoms. The molecule has 0 aromatic heterocycles. The number of sulfonamides is 1. The molecule has 9 heteroatoms. The van der Waals surface area contributed by atoms with E-state index in [9.17, 15) is 23.4 Å². The van der Waals surface area contributed by atoms with Gasteiger partial charge in [0, 0.05) is 33.1 Å². The Morgan fingerprint density at radius 3 is 2.42 bits per heavy atom. The smallest absolute Gasteiger partial charge is 0.229 e. The standard InChI is InChI=1S/C24H35N3O5S/c1-27(2)24(30)12-8-7-11-20(15-18-9-5-4-6-10-18)25-17-23(29)19-13-14-22(28)21(16-19)26-33(3,31)32/h4-6,9-10,13-14,16,20,23,25-26,28-29H,7-8,11-12,15,17H2,1-3H3. The van der Waals surface area contributed by atoms with Crippen LogP contribution in [-0.2, 0) is 21.2 Å². The van der Waals surface area contributed by atoms with E-state index in [0.29, 0.717) is 12.0 Å². The number of aliphatic hydroxyl groups is 1. The first kappa shape index (κ1) is 26.6. The van der Waals surface area contributed by atoms with Crippen LogP contribution in [0.2, 0.25) is 0 Å². The van der Waals surface area contributed by atoms with Crippen molar-refractivity contribution in [2.24, 2.45) is 0 Å². The summed E-state index contributed by atoms with van der Waals surface area (Å²) in [5.74, 6) is -0.0950. The molecule has 0 spiro atoms. The van der Waals surface area contributed by atoms with Gasteiger partial charge in [-0.1, -0.05) is 42.8 Å². The van der Waals surface area contributed by atoms with Crippen LogP contribution < -0.4 is 10.0 Å². The molecule has 2 unspecified atom stereocenters. The maximum absolute atomic E-state index is 11.8. The van der Waals surface area contributed by atoms with Gasteiger partial charge in [-0.15, -0.1) is 0 Å². The van der Waals surface area contributed by atoms with Gasteiger partial charge in [-0.05, 0) is 42.5 Å². The van der Waals surface area contributed by atoms with Crippen LogP contribution in [0.5, 0.6) is 5.75 Å². The lowest BCUT2D eigenvalue weighted by molar-refractivity contribution is -0.128. The fraction of sp³-hybridized carbons (Fsp3) is 0.458. The van der Waals surface area contributed by atoms with E-state index in [-0.39, 0.29) is 29.9 Å². The Labute approximate surface area is 196 Å². The van der Waals surface area contributed by atoms with E-state index in [0.717, 1.165) is 31.9 Å². The minimum Gasteiger partial charge on any atom is -0.506 e. The molecule has 0 fully saturated rings. The van der Waals surface area contributed by atoms with Crippen molar-refractivity contribution in [3.63, 3.8) is 0 Å². The van der Waals surface area contributed by atoms with Crippen LogP contribution in [0, 0.1) is 0 Å². The van der Waals surface area contributed by atoms with Crippen molar-refractivity contribution in [3.05, 3.63) is 59.7 Å². The summed E-state index contributed by atoms with van der Waals surface area (Å²) >= 11 is 0. The summed E-state index contributed by atoms with van der Waals surface area (Å²) in [7, 11) is -0.0539. The van der Waals surface area contributed by atoms with Gasteiger partial charge in [0.15, 0.2) is 0 Å². The van der Waals surface area contributed by atoms with Crippen molar-refractivity contribution in [1.29, 1.82) is 0 Å². The minimum absolute atomic E-state index is 0.0282. The van der Waals surface area contributed by atoms with Crippen molar-refractivity contribution >= 4 is 21.6 Å². The number of carbonyl (C=O) groups excluding carboxylic acids is 1. The lowest BCUT2D eigenvalue weighted by Gasteiger charge is -2.22. The normalized spacial score (nSPS) is 13.3. The lowest BCUT2D eigenvalue weighted by Crippen LogP contribution is -2.34. The molecule has 1 amide bonds. The molecule has 182 valence electrons. The molecule has 0 saturated heterocycles. The van der Waals surface area contributed by atoms with Gasteiger partial charge < -0.3 is 20.4 Å². The Bertz CT molecular complexity index is 996. The van der Waals surface area contributed by atoms with Crippen molar-refractivity contribution in [2.75, 3.05) is 31.6 Å². The van der Waals surface area contributed by atoms with Crippen LogP contribution in [0.4, 0.5) is 5.69 Å². The van der Waals surface area contributed by atoms with Gasteiger partial charge in [0.05, 0.1) is 18.0 Å². The van der Waals surface area contributed by atoms with Gasteiger partial charge in [0.25, 0.3) is 0 Å². The van der Waals surface area contributed by atoms with Gasteiger partial charge in [-0.3, -0.25) is 9.52 Å². The van der Waals surface area contributed by atoms with Gasteiger partial charge in [-0.25, -0.2) is 8.42 Å². The largest absolute Gasteiger partial charge is 0.506 e. The van der Waals surface area contributed by atoms with Crippen LogP contribution in [0.1, 0.15) is 42.9 Å². The lowest BCUT2D eigenvalue weighted by atomic mass is 9.99. The highest BCUT2D eigenvalue weighted by Gasteiger charge is 2.16. The number of benzene rings is 2. The zero-order chi connectivity index (χ0) is 24.4. The highest BCUT2D eigenvalue weighted by atomic mass is 32.2. The summed E-state index contributed by atoms with van der Waals surface area (Å²) in [4.78, 5) is 13.4. The number of unbranched alkanes of at least 4 members (excludes halogenated alkanes) is 1. The van der Waals surface area contributed by atoms with E-state index in [1.54, 1.807) is 25.1 Å². The van der Waals surface area contributed by atoms with E-state index in [2.05, 4.69) is 22.2 Å². The van der Waals surface area contributed by atoms with Crippen LogP contribution in [0.25, 0.3) is 0 Å². The number of carbonyl (C=O) groups is 1. The first-order chi connectivity index (χ1) is 15.5. The molecule has 0 aliphatic rings. The third-order valence-electron chi connectivity index (χ3n) is 5.32. The topological polar surface area (TPSA) is 119 Å². The second-order valence-electron chi connectivity index (χ2n) is 8.50. The number of phenolic OH excluding ortho intramolecular Hbond substituents is 1. The monoisotopic (exact) mass is 477 g/mol. The van der Waals surface area contributed by atoms with Crippen molar-refractivity contribution in [1.82, 2.24) is 10.2 Å². The second-order valence-corrected chi connectivity index (χ2v) is 10.2. The van der Waals surface area contributed by atoms with Crippen molar-refractivity contribution < 1.29 is 23.4 Å². The summed E-state index contributed by atoms with van der Waals surface area (Å²) < 4.78 is 25.3. The fourth-order valence-corrected chi connectivity index (χ4v) is 4.07. The molecular weight excluding hydrogens is 442 g/mol. The third kappa shape index (κ3) is 9.81. The molecule has 4 N–H and O–H groups in total. The maximum Gasteiger partial charge on any atom is 0.229 e.